The molecule has 0 aliphatic carbocycles. The zero-order valence-corrected chi connectivity index (χ0v) is 14.5. The van der Waals surface area contributed by atoms with Crippen LogP contribution in [0.2, 0.25) is 0 Å². The maximum absolute atomic E-state index is 12.2. The van der Waals surface area contributed by atoms with Gasteiger partial charge in [0.1, 0.15) is 18.2 Å². The average Bonchev–Trinajstić information content (AvgIpc) is 2.87. The number of aromatic nitrogens is 2. The quantitative estimate of drug-likeness (QED) is 0.708. The smallest absolute Gasteiger partial charge is 0.405 e. The fourth-order valence-corrected chi connectivity index (χ4v) is 4.62. The summed E-state index contributed by atoms with van der Waals surface area (Å²) in [6.45, 7) is 3.32. The summed E-state index contributed by atoms with van der Waals surface area (Å²) >= 11 is 0. The lowest BCUT2D eigenvalue weighted by Gasteiger charge is -2.37. The number of carboxylic acid groups (broad SMARTS) is 1. The molecule has 1 atom stereocenters. The Morgan fingerprint density at radius 2 is 1.88 bits per heavy atom. The molecule has 10 nitrogen and oxygen atoms in total. The van der Waals surface area contributed by atoms with E-state index in [4.69, 9.17) is 5.11 Å². The number of rotatable bonds is 3. The number of amides is 2. The summed E-state index contributed by atoms with van der Waals surface area (Å²) < 4.78 is 23.7. The number of fused-ring (bicyclic) bond motifs is 1. The molecule has 1 aromatic heterocycles. The molecule has 1 aromatic rings. The predicted octanol–water partition coefficient (Wildman–Crippen LogP) is -0.790. The van der Waals surface area contributed by atoms with Gasteiger partial charge in [-0.05, 0) is 6.92 Å². The molecule has 3 rings (SSSR count). The van der Waals surface area contributed by atoms with E-state index in [1.54, 1.807) is 4.90 Å². The molecular weight excluding hydrogens is 350 g/mol. The van der Waals surface area contributed by atoms with Gasteiger partial charge in [-0.3, -0.25) is 4.79 Å². The third kappa shape index (κ3) is 3.65. The number of carbonyl (C=O) groups is 2. The Balaban J connectivity index is 1.67. The number of hydrogen-bond acceptors (Lipinski definition) is 7. The third-order valence-corrected chi connectivity index (χ3v) is 5.78. The van der Waals surface area contributed by atoms with Crippen LogP contribution in [0.25, 0.3) is 0 Å². The minimum absolute atomic E-state index is 0.0583. The molecule has 2 N–H and O–H groups in total. The summed E-state index contributed by atoms with van der Waals surface area (Å²) in [6, 6.07) is -0.808. The van der Waals surface area contributed by atoms with Crippen LogP contribution in [0.5, 0.6) is 0 Å². The highest BCUT2D eigenvalue weighted by atomic mass is 32.2. The van der Waals surface area contributed by atoms with E-state index < -0.39 is 22.0 Å². The van der Waals surface area contributed by atoms with Crippen LogP contribution in [0.3, 0.4) is 0 Å². The molecule has 2 amide bonds. The Kier molecular flexibility index (Phi) is 4.50. The lowest BCUT2D eigenvalue weighted by molar-refractivity contribution is -0.133. The van der Waals surface area contributed by atoms with Gasteiger partial charge in [-0.15, -0.1) is 0 Å². The van der Waals surface area contributed by atoms with Gasteiger partial charge in [0.25, 0.3) is 0 Å². The number of nitrogens with zero attached hydrogens (tertiary/aromatic N) is 4. The fourth-order valence-electron chi connectivity index (χ4n) is 3.12. The minimum Gasteiger partial charge on any atom is -0.465 e. The maximum Gasteiger partial charge on any atom is 0.405 e. The molecule has 1 unspecified atom stereocenters. The number of piperazine rings is 1. The molecule has 0 radical (unpaired) electrons. The molecular formula is C14H19N5O5S. The SMILES string of the molecule is CC(NC(=O)O)C(=O)N1CCN(c2ncnc3c2CS(=O)(=O)C3)CC1. The molecule has 25 heavy (non-hydrogen) atoms. The van der Waals surface area contributed by atoms with Gasteiger partial charge in [-0.25, -0.2) is 23.2 Å². The van der Waals surface area contributed by atoms with Crippen molar-refractivity contribution < 1.29 is 23.1 Å². The number of sulfone groups is 1. The predicted molar refractivity (Wildman–Crippen MR) is 87.8 cm³/mol. The maximum atomic E-state index is 12.2. The molecule has 2 aliphatic rings. The first-order chi connectivity index (χ1) is 11.8. The Morgan fingerprint density at radius 3 is 2.52 bits per heavy atom. The van der Waals surface area contributed by atoms with Crippen LogP contribution in [0.15, 0.2) is 6.33 Å². The zero-order valence-electron chi connectivity index (χ0n) is 13.7. The van der Waals surface area contributed by atoms with E-state index in [9.17, 15) is 18.0 Å². The lowest BCUT2D eigenvalue weighted by Crippen LogP contribution is -2.54. The van der Waals surface area contributed by atoms with Gasteiger partial charge in [0, 0.05) is 31.7 Å². The number of anilines is 1. The Bertz CT molecular complexity index is 804. The summed E-state index contributed by atoms with van der Waals surface area (Å²) in [5.74, 6) is 0.207. The molecule has 1 saturated heterocycles. The lowest BCUT2D eigenvalue weighted by atomic mass is 10.2. The molecule has 0 saturated carbocycles. The van der Waals surface area contributed by atoms with Gasteiger partial charge in [0.15, 0.2) is 9.84 Å². The monoisotopic (exact) mass is 369 g/mol. The van der Waals surface area contributed by atoms with Crippen LogP contribution in [0, 0.1) is 0 Å². The number of hydrogen-bond donors (Lipinski definition) is 2. The van der Waals surface area contributed by atoms with Crippen LogP contribution in [0.4, 0.5) is 10.6 Å². The van der Waals surface area contributed by atoms with E-state index in [1.807, 2.05) is 4.90 Å². The summed E-state index contributed by atoms with van der Waals surface area (Å²) in [5.41, 5.74) is 1.19. The highest BCUT2D eigenvalue weighted by Gasteiger charge is 2.32. The fraction of sp³-hybridized carbons (Fsp3) is 0.571. The first-order valence-corrected chi connectivity index (χ1v) is 9.65. The van der Waals surface area contributed by atoms with Crippen LogP contribution >= 0.6 is 0 Å². The first kappa shape index (κ1) is 17.4. The van der Waals surface area contributed by atoms with Crippen LogP contribution in [0.1, 0.15) is 18.2 Å². The summed E-state index contributed by atoms with van der Waals surface area (Å²) in [6.07, 6.45) is 0.128. The van der Waals surface area contributed by atoms with Gasteiger partial charge in [-0.2, -0.15) is 0 Å². The standard InChI is InChI=1S/C14H19N5O5S/c1-9(17-14(21)22)13(20)19-4-2-18(3-5-19)12-10-6-25(23,24)7-11(10)15-8-16-12/h8-9,17H,2-7H2,1H3,(H,21,22). The first-order valence-electron chi connectivity index (χ1n) is 7.83. The van der Waals surface area contributed by atoms with Crippen molar-refractivity contribution in [3.63, 3.8) is 0 Å². The highest BCUT2D eigenvalue weighted by molar-refractivity contribution is 7.90. The van der Waals surface area contributed by atoms with Crippen molar-refractivity contribution in [1.82, 2.24) is 20.2 Å². The van der Waals surface area contributed by atoms with Crippen molar-refractivity contribution >= 4 is 27.7 Å². The van der Waals surface area contributed by atoms with E-state index in [0.29, 0.717) is 43.3 Å². The number of nitrogens with one attached hydrogen (secondary N) is 1. The van der Waals surface area contributed by atoms with Crippen molar-refractivity contribution in [3.05, 3.63) is 17.6 Å². The zero-order chi connectivity index (χ0) is 18.2. The summed E-state index contributed by atoms with van der Waals surface area (Å²) in [4.78, 5) is 34.7. The third-order valence-electron chi connectivity index (χ3n) is 4.33. The van der Waals surface area contributed by atoms with Gasteiger partial charge < -0.3 is 20.2 Å². The molecule has 3 heterocycles. The normalized spacial score (nSPS) is 20.0. The van der Waals surface area contributed by atoms with E-state index in [2.05, 4.69) is 15.3 Å². The topological polar surface area (TPSA) is 133 Å². The second-order valence-corrected chi connectivity index (χ2v) is 8.20. The average molecular weight is 369 g/mol. The molecule has 2 aliphatic heterocycles. The minimum atomic E-state index is -3.17. The second kappa shape index (κ2) is 6.47. The summed E-state index contributed by atoms with van der Waals surface area (Å²) in [7, 11) is -3.17. The van der Waals surface area contributed by atoms with E-state index in [0.717, 1.165) is 0 Å². The number of carbonyl (C=O) groups excluding carboxylic acids is 1. The van der Waals surface area contributed by atoms with Crippen molar-refractivity contribution in [2.75, 3.05) is 31.1 Å². The Hall–Kier alpha value is -2.43. The van der Waals surface area contributed by atoms with Crippen molar-refractivity contribution in [2.24, 2.45) is 0 Å². The van der Waals surface area contributed by atoms with Gasteiger partial charge in [0.05, 0.1) is 17.2 Å². The molecule has 11 heteroatoms. The van der Waals surface area contributed by atoms with Gasteiger partial charge in [-0.1, -0.05) is 0 Å². The van der Waals surface area contributed by atoms with Crippen LogP contribution in [-0.2, 0) is 26.1 Å². The van der Waals surface area contributed by atoms with E-state index in [-0.39, 0.29) is 17.4 Å². The molecule has 0 spiro atoms. The molecule has 0 bridgehead atoms. The summed E-state index contributed by atoms with van der Waals surface area (Å²) in [5, 5.41) is 10.9. The van der Waals surface area contributed by atoms with Crippen molar-refractivity contribution in [3.8, 4) is 0 Å². The van der Waals surface area contributed by atoms with Gasteiger partial charge in [0.2, 0.25) is 5.91 Å². The van der Waals surface area contributed by atoms with Crippen LogP contribution < -0.4 is 10.2 Å². The second-order valence-electron chi connectivity index (χ2n) is 6.14. The largest absolute Gasteiger partial charge is 0.465 e. The molecule has 136 valence electrons. The van der Waals surface area contributed by atoms with Crippen LogP contribution in [-0.4, -0.2) is 72.6 Å². The Labute approximate surface area is 144 Å². The Morgan fingerprint density at radius 1 is 1.20 bits per heavy atom. The van der Waals surface area contributed by atoms with E-state index >= 15 is 0 Å². The van der Waals surface area contributed by atoms with E-state index in [1.165, 1.54) is 13.3 Å². The van der Waals surface area contributed by atoms with Crippen molar-refractivity contribution in [2.45, 2.75) is 24.5 Å². The molecule has 1 fully saturated rings. The molecule has 0 aromatic carbocycles. The van der Waals surface area contributed by atoms with Crippen molar-refractivity contribution in [1.29, 1.82) is 0 Å². The van der Waals surface area contributed by atoms with Gasteiger partial charge >= 0.3 is 6.09 Å². The highest BCUT2D eigenvalue weighted by Crippen LogP contribution is 2.30.